The molecular weight excluding hydrogens is 236 g/mol. The van der Waals surface area contributed by atoms with Gasteiger partial charge < -0.3 is 10.6 Å². The number of likely N-dealkylation sites (tertiary alicyclic amines) is 1. The van der Waals surface area contributed by atoms with Crippen molar-refractivity contribution in [1.82, 2.24) is 4.90 Å². The first kappa shape index (κ1) is 12.7. The number of carbonyl (C=O) groups excluding carboxylic acids is 1. The minimum absolute atomic E-state index is 0.158. The average molecular weight is 258 g/mol. The highest BCUT2D eigenvalue weighted by Gasteiger charge is 2.53. The Bertz CT molecular complexity index is 493. The summed E-state index contributed by atoms with van der Waals surface area (Å²) in [6.45, 7) is 3.71. The molecule has 2 aliphatic rings. The summed E-state index contributed by atoms with van der Waals surface area (Å²) in [6, 6.07) is 8.45. The molecular formula is C16H22N2O. The highest BCUT2D eigenvalue weighted by molar-refractivity contribution is 5.91. The molecule has 0 radical (unpaired) electrons. The number of carbonyl (C=O) groups is 1. The van der Waals surface area contributed by atoms with Crippen molar-refractivity contribution in [1.29, 1.82) is 0 Å². The molecule has 1 aliphatic carbocycles. The van der Waals surface area contributed by atoms with Crippen molar-refractivity contribution in [2.45, 2.75) is 44.1 Å². The normalized spacial score (nSPS) is 25.2. The van der Waals surface area contributed by atoms with Gasteiger partial charge >= 0.3 is 0 Å². The van der Waals surface area contributed by atoms with E-state index in [1.165, 1.54) is 11.1 Å². The van der Waals surface area contributed by atoms with Gasteiger partial charge in [0.05, 0.1) is 5.41 Å². The Kier molecular flexibility index (Phi) is 3.09. The molecule has 0 spiro atoms. The Labute approximate surface area is 114 Å². The second kappa shape index (κ2) is 4.64. The topological polar surface area (TPSA) is 46.3 Å². The minimum Gasteiger partial charge on any atom is -0.340 e. The average Bonchev–Trinajstić information content (AvgIpc) is 3.20. The summed E-state index contributed by atoms with van der Waals surface area (Å²) in [5, 5.41) is 0. The van der Waals surface area contributed by atoms with E-state index in [1.54, 1.807) is 0 Å². The number of rotatable bonds is 2. The predicted octanol–water partition coefficient (Wildman–Crippen LogP) is 1.98. The lowest BCUT2D eigenvalue weighted by Gasteiger charge is -2.34. The lowest BCUT2D eigenvalue weighted by Crippen LogP contribution is -2.49. The van der Waals surface area contributed by atoms with Gasteiger partial charge in [-0.3, -0.25) is 4.79 Å². The maximum absolute atomic E-state index is 12.9. The van der Waals surface area contributed by atoms with E-state index >= 15 is 0 Å². The van der Waals surface area contributed by atoms with Crippen LogP contribution < -0.4 is 5.73 Å². The summed E-state index contributed by atoms with van der Waals surface area (Å²) in [6.07, 6.45) is 4.06. The first-order valence-electron chi connectivity index (χ1n) is 7.24. The van der Waals surface area contributed by atoms with Gasteiger partial charge in [0.15, 0.2) is 0 Å². The fourth-order valence-electron chi connectivity index (χ4n) is 3.33. The molecule has 1 aromatic carbocycles. The van der Waals surface area contributed by atoms with Gasteiger partial charge in [0.1, 0.15) is 0 Å². The van der Waals surface area contributed by atoms with E-state index in [0.717, 1.165) is 38.8 Å². The molecule has 1 aromatic rings. The van der Waals surface area contributed by atoms with Crippen molar-refractivity contribution in [3.8, 4) is 0 Å². The summed E-state index contributed by atoms with van der Waals surface area (Å²) in [7, 11) is 0. The third-order valence-corrected chi connectivity index (χ3v) is 4.57. The third kappa shape index (κ3) is 2.16. The molecule has 1 heterocycles. The number of amides is 1. The van der Waals surface area contributed by atoms with E-state index in [-0.39, 0.29) is 11.5 Å². The molecule has 1 amide bonds. The van der Waals surface area contributed by atoms with Crippen LogP contribution in [0.2, 0.25) is 0 Å². The molecule has 1 aliphatic heterocycles. The lowest BCUT2D eigenvalue weighted by atomic mass is 9.89. The van der Waals surface area contributed by atoms with Gasteiger partial charge in [-0.1, -0.05) is 24.3 Å². The van der Waals surface area contributed by atoms with Crippen molar-refractivity contribution >= 4 is 5.91 Å². The monoisotopic (exact) mass is 258 g/mol. The number of hydrogen-bond acceptors (Lipinski definition) is 2. The van der Waals surface area contributed by atoms with Crippen molar-refractivity contribution in [2.24, 2.45) is 5.73 Å². The van der Waals surface area contributed by atoms with Gasteiger partial charge in [0.25, 0.3) is 0 Å². The van der Waals surface area contributed by atoms with Crippen LogP contribution in [0, 0.1) is 6.92 Å². The quantitative estimate of drug-likeness (QED) is 0.881. The molecule has 0 bridgehead atoms. The molecule has 1 saturated carbocycles. The zero-order valence-corrected chi connectivity index (χ0v) is 11.6. The zero-order valence-electron chi connectivity index (χ0n) is 11.6. The molecule has 1 atom stereocenters. The maximum Gasteiger partial charge on any atom is 0.233 e. The van der Waals surface area contributed by atoms with E-state index < -0.39 is 0 Å². The van der Waals surface area contributed by atoms with Crippen LogP contribution in [0.25, 0.3) is 0 Å². The standard InChI is InChI=1S/C16H22N2O/c1-12-5-2-3-7-14(12)16(8-9-16)15(19)18-10-4-6-13(17)11-18/h2-3,5,7,13H,4,6,8-11,17H2,1H3. The van der Waals surface area contributed by atoms with Crippen molar-refractivity contribution in [2.75, 3.05) is 13.1 Å². The smallest absolute Gasteiger partial charge is 0.233 e. The van der Waals surface area contributed by atoms with Gasteiger partial charge in [0, 0.05) is 19.1 Å². The molecule has 3 heteroatoms. The Morgan fingerprint density at radius 2 is 2.11 bits per heavy atom. The highest BCUT2D eigenvalue weighted by Crippen LogP contribution is 2.50. The summed E-state index contributed by atoms with van der Waals surface area (Å²) < 4.78 is 0. The van der Waals surface area contributed by atoms with Crippen LogP contribution in [0.4, 0.5) is 0 Å². The largest absolute Gasteiger partial charge is 0.340 e. The van der Waals surface area contributed by atoms with Crippen molar-refractivity contribution < 1.29 is 4.79 Å². The minimum atomic E-state index is -0.234. The van der Waals surface area contributed by atoms with Crippen LogP contribution in [-0.4, -0.2) is 29.9 Å². The van der Waals surface area contributed by atoms with Crippen LogP contribution >= 0.6 is 0 Å². The molecule has 19 heavy (non-hydrogen) atoms. The van der Waals surface area contributed by atoms with Crippen LogP contribution in [0.1, 0.15) is 36.8 Å². The van der Waals surface area contributed by atoms with E-state index in [9.17, 15) is 4.79 Å². The molecule has 3 rings (SSSR count). The number of nitrogens with two attached hydrogens (primary N) is 1. The number of piperidine rings is 1. The fourth-order valence-corrected chi connectivity index (χ4v) is 3.33. The highest BCUT2D eigenvalue weighted by atomic mass is 16.2. The molecule has 102 valence electrons. The summed E-state index contributed by atoms with van der Waals surface area (Å²) in [5.74, 6) is 0.303. The summed E-state index contributed by atoms with van der Waals surface area (Å²) in [4.78, 5) is 14.8. The molecule has 3 nitrogen and oxygen atoms in total. The van der Waals surface area contributed by atoms with E-state index in [2.05, 4.69) is 19.1 Å². The molecule has 1 unspecified atom stereocenters. The van der Waals surface area contributed by atoms with E-state index in [0.29, 0.717) is 5.91 Å². The van der Waals surface area contributed by atoms with Crippen LogP contribution in [-0.2, 0) is 10.2 Å². The first-order valence-corrected chi connectivity index (χ1v) is 7.24. The lowest BCUT2D eigenvalue weighted by molar-refractivity contribution is -0.135. The zero-order chi connectivity index (χ0) is 13.5. The van der Waals surface area contributed by atoms with E-state index in [1.807, 2.05) is 17.0 Å². The van der Waals surface area contributed by atoms with Gasteiger partial charge in [-0.05, 0) is 43.7 Å². The van der Waals surface area contributed by atoms with Gasteiger partial charge in [-0.25, -0.2) is 0 Å². The van der Waals surface area contributed by atoms with Crippen LogP contribution in [0.5, 0.6) is 0 Å². The molecule has 0 aromatic heterocycles. The summed E-state index contributed by atoms with van der Waals surface area (Å²) in [5.41, 5.74) is 8.22. The third-order valence-electron chi connectivity index (χ3n) is 4.57. The maximum atomic E-state index is 12.9. The Morgan fingerprint density at radius 3 is 2.74 bits per heavy atom. The Hall–Kier alpha value is -1.35. The fraction of sp³-hybridized carbons (Fsp3) is 0.562. The second-order valence-corrected chi connectivity index (χ2v) is 6.05. The number of nitrogens with zero attached hydrogens (tertiary/aromatic N) is 1. The van der Waals surface area contributed by atoms with Crippen molar-refractivity contribution in [3.05, 3.63) is 35.4 Å². The van der Waals surface area contributed by atoms with Crippen molar-refractivity contribution in [3.63, 3.8) is 0 Å². The molecule has 2 N–H and O–H groups in total. The number of benzene rings is 1. The first-order chi connectivity index (χ1) is 9.13. The Morgan fingerprint density at radius 1 is 1.37 bits per heavy atom. The van der Waals surface area contributed by atoms with Crippen LogP contribution in [0.15, 0.2) is 24.3 Å². The number of aryl methyl sites for hydroxylation is 1. The number of hydrogen-bond donors (Lipinski definition) is 1. The molecule has 1 saturated heterocycles. The van der Waals surface area contributed by atoms with Gasteiger partial charge in [-0.15, -0.1) is 0 Å². The second-order valence-electron chi connectivity index (χ2n) is 6.05. The van der Waals surface area contributed by atoms with E-state index in [4.69, 9.17) is 5.73 Å². The van der Waals surface area contributed by atoms with Gasteiger partial charge in [-0.2, -0.15) is 0 Å². The Balaban J connectivity index is 1.85. The molecule has 2 fully saturated rings. The predicted molar refractivity (Wildman–Crippen MR) is 75.9 cm³/mol. The SMILES string of the molecule is Cc1ccccc1C1(C(=O)N2CCCC(N)C2)CC1. The summed E-state index contributed by atoms with van der Waals surface area (Å²) >= 11 is 0. The van der Waals surface area contributed by atoms with Gasteiger partial charge in [0.2, 0.25) is 5.91 Å². The van der Waals surface area contributed by atoms with Crippen LogP contribution in [0.3, 0.4) is 0 Å².